The number of hydrogen-bond donors (Lipinski definition) is 0. The van der Waals surface area contributed by atoms with Crippen LogP contribution < -0.4 is 0 Å². The summed E-state index contributed by atoms with van der Waals surface area (Å²) >= 11 is 0. The molecule has 1 saturated carbocycles. The van der Waals surface area contributed by atoms with E-state index in [0.717, 1.165) is 55.2 Å². The van der Waals surface area contributed by atoms with Gasteiger partial charge in [0, 0.05) is 19.1 Å². The molecule has 1 aliphatic carbocycles. The molecule has 184 valence electrons. The number of amides is 1. The van der Waals surface area contributed by atoms with Crippen LogP contribution in [-0.4, -0.2) is 30.4 Å². The standard InChI is InChI=1S/C30H41NO3/c1-7-30(6)18-17-26(20-27(30)22(2)3)24(5)21-31(34-29-14-10-11-19-33-29)28(32)16-15-25-13-9-8-12-23(25)4/h7-9,12-13,15-16,26-27,29H,1-2,5,10-11,14,17-21H2,3-4,6H3/b16-15+/t26-,27+,29?,30-/m1/s1. The van der Waals surface area contributed by atoms with Crippen molar-refractivity contribution in [2.45, 2.75) is 65.6 Å². The maximum absolute atomic E-state index is 13.2. The molecule has 1 unspecified atom stereocenters. The summed E-state index contributed by atoms with van der Waals surface area (Å²) in [5.74, 6) is 0.469. The molecule has 0 bridgehead atoms. The molecule has 0 aromatic heterocycles. The van der Waals surface area contributed by atoms with Gasteiger partial charge in [0.15, 0.2) is 6.29 Å². The smallest absolute Gasteiger partial charge is 0.270 e. The van der Waals surface area contributed by atoms with Crippen molar-refractivity contribution >= 4 is 12.0 Å². The van der Waals surface area contributed by atoms with E-state index in [1.54, 1.807) is 6.08 Å². The molecule has 1 amide bonds. The molecule has 1 aromatic carbocycles. The Labute approximate surface area is 206 Å². The minimum atomic E-state index is -0.393. The first kappa shape index (κ1) is 26.2. The van der Waals surface area contributed by atoms with E-state index in [0.29, 0.717) is 25.0 Å². The molecule has 2 fully saturated rings. The Morgan fingerprint density at radius 2 is 2.03 bits per heavy atom. The van der Waals surface area contributed by atoms with E-state index in [1.807, 2.05) is 37.3 Å². The van der Waals surface area contributed by atoms with Crippen LogP contribution in [0.2, 0.25) is 0 Å². The SMILES string of the molecule is C=C[C@]1(C)CC[C@@H](C(=C)CN(OC2CCCCO2)C(=O)/C=C/c2ccccc2C)C[C@H]1C(=C)C. The molecule has 3 rings (SSSR count). The number of rotatable bonds is 9. The fourth-order valence-corrected chi connectivity index (χ4v) is 5.15. The molecule has 1 saturated heterocycles. The Bertz CT molecular complexity index is 927. The topological polar surface area (TPSA) is 38.8 Å². The van der Waals surface area contributed by atoms with E-state index < -0.39 is 6.29 Å². The van der Waals surface area contributed by atoms with Gasteiger partial charge in [0.05, 0.1) is 6.54 Å². The molecule has 34 heavy (non-hydrogen) atoms. The molecule has 4 nitrogen and oxygen atoms in total. The third-order valence-electron chi connectivity index (χ3n) is 7.56. The zero-order valence-corrected chi connectivity index (χ0v) is 21.2. The van der Waals surface area contributed by atoms with Gasteiger partial charge in [-0.2, -0.15) is 0 Å². The van der Waals surface area contributed by atoms with E-state index >= 15 is 0 Å². The van der Waals surface area contributed by atoms with Crippen LogP contribution >= 0.6 is 0 Å². The lowest BCUT2D eigenvalue weighted by molar-refractivity contribution is -0.275. The van der Waals surface area contributed by atoms with Crippen molar-refractivity contribution < 1.29 is 14.4 Å². The maximum Gasteiger partial charge on any atom is 0.270 e. The third-order valence-corrected chi connectivity index (χ3v) is 7.56. The Balaban J connectivity index is 1.73. The molecule has 4 atom stereocenters. The fraction of sp³-hybridized carbons (Fsp3) is 0.500. The first-order valence-electron chi connectivity index (χ1n) is 12.5. The molecule has 0 radical (unpaired) electrons. The molecule has 1 heterocycles. The van der Waals surface area contributed by atoms with E-state index in [4.69, 9.17) is 9.57 Å². The third kappa shape index (κ3) is 6.58. The number of carbonyl (C=O) groups is 1. The van der Waals surface area contributed by atoms with E-state index in [9.17, 15) is 4.79 Å². The Morgan fingerprint density at radius 3 is 2.68 bits per heavy atom. The number of ether oxygens (including phenoxy) is 1. The molecule has 1 aromatic rings. The molecule has 0 N–H and O–H groups in total. The van der Waals surface area contributed by atoms with Gasteiger partial charge in [-0.05, 0) is 80.4 Å². The summed E-state index contributed by atoms with van der Waals surface area (Å²) in [5.41, 5.74) is 4.40. The number of benzene rings is 1. The monoisotopic (exact) mass is 463 g/mol. The van der Waals surface area contributed by atoms with Gasteiger partial charge in [0.1, 0.15) is 0 Å². The summed E-state index contributed by atoms with van der Waals surface area (Å²) in [6.07, 6.45) is 11.0. The lowest BCUT2D eigenvalue weighted by Crippen LogP contribution is -2.40. The number of aryl methyl sites for hydroxylation is 1. The zero-order valence-electron chi connectivity index (χ0n) is 21.2. The van der Waals surface area contributed by atoms with Crippen molar-refractivity contribution in [1.29, 1.82) is 0 Å². The van der Waals surface area contributed by atoms with Crippen molar-refractivity contribution in [3.63, 3.8) is 0 Å². The average molecular weight is 464 g/mol. The van der Waals surface area contributed by atoms with Gasteiger partial charge in [0.25, 0.3) is 5.91 Å². The van der Waals surface area contributed by atoms with Crippen molar-refractivity contribution in [3.05, 3.63) is 78.4 Å². The Hall–Kier alpha value is -2.43. The van der Waals surface area contributed by atoms with Crippen LogP contribution in [0.4, 0.5) is 0 Å². The maximum atomic E-state index is 13.2. The van der Waals surface area contributed by atoms with Crippen LogP contribution in [0.1, 0.15) is 63.5 Å². The van der Waals surface area contributed by atoms with Crippen molar-refractivity contribution in [2.24, 2.45) is 17.3 Å². The van der Waals surface area contributed by atoms with E-state index in [1.165, 1.54) is 10.6 Å². The number of carbonyl (C=O) groups excluding carboxylic acids is 1. The highest BCUT2D eigenvalue weighted by Gasteiger charge is 2.39. The summed E-state index contributed by atoms with van der Waals surface area (Å²) < 4.78 is 5.77. The van der Waals surface area contributed by atoms with Gasteiger partial charge in [-0.1, -0.05) is 61.6 Å². The number of hydroxylamine groups is 2. The lowest BCUT2D eigenvalue weighted by Gasteiger charge is -2.44. The summed E-state index contributed by atoms with van der Waals surface area (Å²) in [4.78, 5) is 19.3. The van der Waals surface area contributed by atoms with Gasteiger partial charge < -0.3 is 4.74 Å². The second-order valence-corrected chi connectivity index (χ2v) is 10.2. The largest absolute Gasteiger partial charge is 0.350 e. The van der Waals surface area contributed by atoms with E-state index in [2.05, 4.69) is 39.7 Å². The van der Waals surface area contributed by atoms with Crippen LogP contribution in [0.3, 0.4) is 0 Å². The summed E-state index contributed by atoms with van der Waals surface area (Å²) in [6.45, 7) is 20.2. The van der Waals surface area contributed by atoms with E-state index in [-0.39, 0.29) is 11.3 Å². The predicted molar refractivity (Wildman–Crippen MR) is 140 cm³/mol. The van der Waals surface area contributed by atoms with Gasteiger partial charge in [-0.15, -0.1) is 6.58 Å². The molecule has 4 heteroatoms. The molecular weight excluding hydrogens is 422 g/mol. The lowest BCUT2D eigenvalue weighted by atomic mass is 9.61. The van der Waals surface area contributed by atoms with Crippen molar-refractivity contribution in [2.75, 3.05) is 13.2 Å². The Kier molecular flexibility index (Phi) is 9.10. The van der Waals surface area contributed by atoms with Crippen LogP contribution in [-0.2, 0) is 14.4 Å². The van der Waals surface area contributed by atoms with Gasteiger partial charge in [0.2, 0.25) is 0 Å². The average Bonchev–Trinajstić information content (AvgIpc) is 2.83. The van der Waals surface area contributed by atoms with Gasteiger partial charge in [-0.25, -0.2) is 9.90 Å². The quantitative estimate of drug-likeness (QED) is 0.224. The Morgan fingerprint density at radius 1 is 1.26 bits per heavy atom. The molecule has 1 aliphatic heterocycles. The first-order valence-corrected chi connectivity index (χ1v) is 12.5. The minimum Gasteiger partial charge on any atom is -0.350 e. The van der Waals surface area contributed by atoms with Crippen molar-refractivity contribution in [3.8, 4) is 0 Å². The van der Waals surface area contributed by atoms with Crippen LogP contribution in [0, 0.1) is 24.2 Å². The highest BCUT2D eigenvalue weighted by molar-refractivity contribution is 5.91. The molecule has 0 spiro atoms. The van der Waals surface area contributed by atoms with Crippen LogP contribution in [0.5, 0.6) is 0 Å². The van der Waals surface area contributed by atoms with Crippen LogP contribution in [0.15, 0.2) is 67.3 Å². The minimum absolute atomic E-state index is 0.0564. The second-order valence-electron chi connectivity index (χ2n) is 10.2. The number of allylic oxidation sites excluding steroid dienone is 2. The summed E-state index contributed by atoms with van der Waals surface area (Å²) in [6, 6.07) is 8.01. The van der Waals surface area contributed by atoms with Crippen LogP contribution in [0.25, 0.3) is 6.08 Å². The molecule has 2 aliphatic rings. The zero-order chi connectivity index (χ0) is 24.7. The normalized spacial score (nSPS) is 27.3. The first-order chi connectivity index (χ1) is 16.2. The van der Waals surface area contributed by atoms with Gasteiger partial charge in [-0.3, -0.25) is 4.79 Å². The predicted octanol–water partition coefficient (Wildman–Crippen LogP) is 7.04. The summed E-state index contributed by atoms with van der Waals surface area (Å²) in [7, 11) is 0. The number of hydrogen-bond acceptors (Lipinski definition) is 3. The molecular formula is C30H41NO3. The second kappa shape index (κ2) is 11.8. The van der Waals surface area contributed by atoms with Crippen molar-refractivity contribution in [1.82, 2.24) is 5.06 Å². The fourth-order valence-electron chi connectivity index (χ4n) is 5.15. The number of nitrogens with zero attached hydrogens (tertiary/aromatic N) is 1. The highest BCUT2D eigenvalue weighted by atomic mass is 16.8. The van der Waals surface area contributed by atoms with Gasteiger partial charge >= 0.3 is 0 Å². The highest BCUT2D eigenvalue weighted by Crippen LogP contribution is 2.48. The summed E-state index contributed by atoms with van der Waals surface area (Å²) in [5, 5.41) is 1.45.